The van der Waals surface area contributed by atoms with E-state index in [0.717, 1.165) is 0 Å². The van der Waals surface area contributed by atoms with Gasteiger partial charge in [0.1, 0.15) is 0 Å². The number of carbonyl (C=O) groups excluding carboxylic acids is 3. The normalized spacial score (nSPS) is 20.5. The summed E-state index contributed by atoms with van der Waals surface area (Å²) in [5, 5.41) is 11.7. The van der Waals surface area contributed by atoms with Gasteiger partial charge in [0.2, 0.25) is 11.8 Å². The molecule has 2 N–H and O–H groups in total. The third-order valence-corrected chi connectivity index (χ3v) is 5.24. The Balaban J connectivity index is 1.57. The van der Waals surface area contributed by atoms with Crippen LogP contribution in [0.4, 0.5) is 11.4 Å². The number of imide groups is 1. The first kappa shape index (κ1) is 18.6. The molecule has 1 aliphatic carbocycles. The fourth-order valence-corrected chi connectivity index (χ4v) is 3.77. The van der Waals surface area contributed by atoms with Crippen molar-refractivity contribution in [3.8, 4) is 0 Å². The minimum absolute atomic E-state index is 0.0565. The van der Waals surface area contributed by atoms with Gasteiger partial charge in [-0.05, 0) is 49.2 Å². The number of anilines is 2. The summed E-state index contributed by atoms with van der Waals surface area (Å²) in [5.41, 5.74) is 1.02. The summed E-state index contributed by atoms with van der Waals surface area (Å²) >= 11 is 0. The van der Waals surface area contributed by atoms with Crippen molar-refractivity contribution in [2.75, 3.05) is 10.2 Å². The van der Waals surface area contributed by atoms with Gasteiger partial charge in [-0.2, -0.15) is 0 Å². The Morgan fingerprint density at radius 2 is 1.52 bits per heavy atom. The lowest BCUT2D eigenvalue weighted by Gasteiger charge is -2.16. The number of aromatic carboxylic acids is 1. The van der Waals surface area contributed by atoms with Crippen molar-refractivity contribution in [1.82, 2.24) is 0 Å². The first-order valence-electron chi connectivity index (χ1n) is 9.23. The Hall–Kier alpha value is -3.74. The van der Waals surface area contributed by atoms with Crippen LogP contribution < -0.4 is 10.2 Å². The number of nitrogens with one attached hydrogen (secondary N) is 1. The standard InChI is InChI=1S/C22H18N2O5/c25-19(23-15-7-3-6-14(11-15)22(28)29)13-5-4-8-16(12-13)24-20(26)17-9-1-2-10-18(17)21(24)27/h1-8,11-12,17-18H,9-10H2,(H,23,25)(H,28,29)/t17-,18-/m1/s1. The number of amides is 3. The average molecular weight is 390 g/mol. The van der Waals surface area contributed by atoms with Crippen LogP contribution in [0.2, 0.25) is 0 Å². The fourth-order valence-electron chi connectivity index (χ4n) is 3.77. The smallest absolute Gasteiger partial charge is 0.335 e. The van der Waals surface area contributed by atoms with E-state index in [0.29, 0.717) is 24.2 Å². The van der Waals surface area contributed by atoms with Gasteiger partial charge in [-0.1, -0.05) is 24.3 Å². The molecule has 0 bridgehead atoms. The maximum atomic E-state index is 12.7. The summed E-state index contributed by atoms with van der Waals surface area (Å²) in [7, 11) is 0. The van der Waals surface area contributed by atoms with Crippen LogP contribution in [0.25, 0.3) is 0 Å². The molecular weight excluding hydrogens is 372 g/mol. The Kier molecular flexibility index (Phi) is 4.72. The van der Waals surface area contributed by atoms with Crippen LogP contribution in [0.3, 0.4) is 0 Å². The first-order valence-corrected chi connectivity index (χ1v) is 9.23. The molecule has 29 heavy (non-hydrogen) atoms. The monoisotopic (exact) mass is 390 g/mol. The maximum Gasteiger partial charge on any atom is 0.335 e. The van der Waals surface area contributed by atoms with E-state index in [4.69, 9.17) is 5.11 Å². The molecule has 4 rings (SSSR count). The molecule has 146 valence electrons. The topological polar surface area (TPSA) is 104 Å². The van der Waals surface area contributed by atoms with Gasteiger partial charge in [0, 0.05) is 11.3 Å². The van der Waals surface area contributed by atoms with Crippen molar-refractivity contribution in [3.63, 3.8) is 0 Å². The summed E-state index contributed by atoms with van der Waals surface area (Å²) in [6.07, 6.45) is 4.94. The molecule has 0 spiro atoms. The number of nitrogens with zero attached hydrogens (tertiary/aromatic N) is 1. The predicted molar refractivity (Wildman–Crippen MR) is 106 cm³/mol. The van der Waals surface area contributed by atoms with Crippen molar-refractivity contribution < 1.29 is 24.3 Å². The van der Waals surface area contributed by atoms with E-state index in [1.807, 2.05) is 12.2 Å². The van der Waals surface area contributed by atoms with Crippen molar-refractivity contribution in [2.24, 2.45) is 11.8 Å². The molecule has 3 amide bonds. The molecule has 0 aromatic heterocycles. The largest absolute Gasteiger partial charge is 0.478 e. The molecule has 1 heterocycles. The van der Waals surface area contributed by atoms with Crippen molar-refractivity contribution in [2.45, 2.75) is 12.8 Å². The molecule has 0 radical (unpaired) electrons. The number of rotatable bonds is 4. The number of fused-ring (bicyclic) bond motifs is 1. The fraction of sp³-hybridized carbons (Fsp3) is 0.182. The van der Waals surface area contributed by atoms with Gasteiger partial charge in [0.05, 0.1) is 23.1 Å². The van der Waals surface area contributed by atoms with Crippen molar-refractivity contribution >= 4 is 35.1 Å². The highest BCUT2D eigenvalue weighted by atomic mass is 16.4. The summed E-state index contributed by atoms with van der Waals surface area (Å²) in [6.45, 7) is 0. The molecule has 0 saturated carbocycles. The third kappa shape index (κ3) is 3.42. The van der Waals surface area contributed by atoms with E-state index < -0.39 is 11.9 Å². The molecular formula is C22H18N2O5. The van der Waals surface area contributed by atoms with E-state index in [1.54, 1.807) is 24.3 Å². The van der Waals surface area contributed by atoms with Crippen LogP contribution in [0.1, 0.15) is 33.6 Å². The maximum absolute atomic E-state index is 12.7. The summed E-state index contributed by atoms with van der Waals surface area (Å²) in [6, 6.07) is 12.2. The van der Waals surface area contributed by atoms with Crippen LogP contribution in [-0.4, -0.2) is 28.8 Å². The second kappa shape index (κ2) is 7.35. The average Bonchev–Trinajstić information content (AvgIpc) is 2.99. The van der Waals surface area contributed by atoms with Gasteiger partial charge in [-0.3, -0.25) is 19.3 Å². The molecule has 7 heteroatoms. The van der Waals surface area contributed by atoms with Gasteiger partial charge in [0.25, 0.3) is 5.91 Å². The number of carbonyl (C=O) groups is 4. The summed E-state index contributed by atoms with van der Waals surface area (Å²) in [4.78, 5) is 50.4. The third-order valence-electron chi connectivity index (χ3n) is 5.24. The molecule has 2 aliphatic rings. The molecule has 2 aromatic carbocycles. The summed E-state index contributed by atoms with van der Waals surface area (Å²) < 4.78 is 0. The van der Waals surface area contributed by atoms with Gasteiger partial charge in [-0.25, -0.2) is 4.79 Å². The Bertz CT molecular complexity index is 1030. The summed E-state index contributed by atoms with van der Waals surface area (Å²) in [5.74, 6) is -2.72. The molecule has 1 saturated heterocycles. The number of carboxylic acids is 1. The van der Waals surface area contributed by atoms with Crippen LogP contribution in [0.5, 0.6) is 0 Å². The number of hydrogen-bond acceptors (Lipinski definition) is 4. The van der Waals surface area contributed by atoms with Gasteiger partial charge >= 0.3 is 5.97 Å². The SMILES string of the molecule is O=C(O)c1cccc(NC(=O)c2cccc(N3C(=O)[C@@H]4CC=CC[C@H]4C3=O)c2)c1. The quantitative estimate of drug-likeness (QED) is 0.617. The van der Waals surface area contributed by atoms with Crippen LogP contribution in [0, 0.1) is 11.8 Å². The van der Waals surface area contributed by atoms with E-state index in [9.17, 15) is 19.2 Å². The highest BCUT2D eigenvalue weighted by Crippen LogP contribution is 2.37. The highest BCUT2D eigenvalue weighted by molar-refractivity contribution is 6.22. The molecule has 2 aromatic rings. The second-order valence-electron chi connectivity index (χ2n) is 7.06. The molecule has 1 aliphatic heterocycles. The van der Waals surface area contributed by atoms with Gasteiger partial charge in [0.15, 0.2) is 0 Å². The molecule has 1 fully saturated rings. The minimum atomic E-state index is -1.09. The molecule has 0 unspecified atom stereocenters. The number of benzene rings is 2. The number of allylic oxidation sites excluding steroid dienone is 2. The van der Waals surface area contributed by atoms with Crippen LogP contribution >= 0.6 is 0 Å². The lowest BCUT2D eigenvalue weighted by molar-refractivity contribution is -0.122. The zero-order chi connectivity index (χ0) is 20.5. The zero-order valence-corrected chi connectivity index (χ0v) is 15.4. The zero-order valence-electron chi connectivity index (χ0n) is 15.4. The van der Waals surface area contributed by atoms with E-state index in [1.165, 1.54) is 29.2 Å². The number of carboxylic acid groups (broad SMARTS) is 1. The van der Waals surface area contributed by atoms with Gasteiger partial charge in [-0.15, -0.1) is 0 Å². The van der Waals surface area contributed by atoms with Crippen LogP contribution in [-0.2, 0) is 9.59 Å². The van der Waals surface area contributed by atoms with E-state index in [-0.39, 0.29) is 34.8 Å². The van der Waals surface area contributed by atoms with Crippen molar-refractivity contribution in [1.29, 1.82) is 0 Å². The first-order chi connectivity index (χ1) is 14.0. The van der Waals surface area contributed by atoms with E-state index in [2.05, 4.69) is 5.32 Å². The van der Waals surface area contributed by atoms with Crippen LogP contribution in [0.15, 0.2) is 60.7 Å². The Morgan fingerprint density at radius 1 is 0.897 bits per heavy atom. The Morgan fingerprint density at radius 3 is 2.17 bits per heavy atom. The lowest BCUT2D eigenvalue weighted by Crippen LogP contribution is -2.31. The van der Waals surface area contributed by atoms with Gasteiger partial charge < -0.3 is 10.4 Å². The number of hydrogen-bond donors (Lipinski definition) is 2. The molecule has 2 atom stereocenters. The van der Waals surface area contributed by atoms with E-state index >= 15 is 0 Å². The minimum Gasteiger partial charge on any atom is -0.478 e. The molecule has 7 nitrogen and oxygen atoms in total. The van der Waals surface area contributed by atoms with Crippen molar-refractivity contribution in [3.05, 3.63) is 71.8 Å². The lowest BCUT2D eigenvalue weighted by atomic mass is 9.85. The Labute approximate surface area is 166 Å². The highest BCUT2D eigenvalue weighted by Gasteiger charge is 2.47. The predicted octanol–water partition coefficient (Wildman–Crippen LogP) is 3.09. The second-order valence-corrected chi connectivity index (χ2v) is 7.06.